The fraction of sp³-hybridized carbons (Fsp3) is 0.636. The van der Waals surface area contributed by atoms with Crippen LogP contribution in [0.4, 0.5) is 0 Å². The van der Waals surface area contributed by atoms with Crippen molar-refractivity contribution in [1.29, 1.82) is 0 Å². The summed E-state index contributed by atoms with van der Waals surface area (Å²) in [6.45, 7) is 3.65. The summed E-state index contributed by atoms with van der Waals surface area (Å²) in [6.07, 6.45) is 4.71. The number of hydrogen-bond acceptors (Lipinski definition) is 2. The fourth-order valence-electron chi connectivity index (χ4n) is 1.37. The predicted octanol–water partition coefficient (Wildman–Crippen LogP) is 1.24. The first-order valence-electron chi connectivity index (χ1n) is 5.30. The highest BCUT2D eigenvalue weighted by atomic mass is 16.2. The molecule has 0 unspecified atom stereocenters. The van der Waals surface area contributed by atoms with E-state index >= 15 is 0 Å². The first kappa shape index (κ1) is 13.7. The lowest BCUT2D eigenvalue weighted by molar-refractivity contribution is -0.117. The third-order valence-electron chi connectivity index (χ3n) is 2.40. The van der Waals surface area contributed by atoms with Crippen LogP contribution in [-0.4, -0.2) is 11.8 Å². The van der Waals surface area contributed by atoms with Gasteiger partial charge in [-0.3, -0.25) is 9.59 Å². The van der Waals surface area contributed by atoms with E-state index in [-0.39, 0.29) is 0 Å². The third-order valence-corrected chi connectivity index (χ3v) is 2.40. The van der Waals surface area contributed by atoms with E-state index in [0.29, 0.717) is 17.6 Å². The van der Waals surface area contributed by atoms with Gasteiger partial charge >= 0.3 is 0 Å². The van der Waals surface area contributed by atoms with E-state index in [0.717, 1.165) is 25.7 Å². The van der Waals surface area contributed by atoms with Crippen LogP contribution in [0.5, 0.6) is 0 Å². The van der Waals surface area contributed by atoms with Crippen LogP contribution in [0.2, 0.25) is 0 Å². The molecule has 0 aliphatic carbocycles. The van der Waals surface area contributed by atoms with Crippen LogP contribution in [0.15, 0.2) is 11.1 Å². The lowest BCUT2D eigenvalue weighted by atomic mass is 10.0. The number of primary amides is 2. The molecule has 4 nitrogen and oxygen atoms in total. The summed E-state index contributed by atoms with van der Waals surface area (Å²) in [5, 5.41) is 0. The van der Waals surface area contributed by atoms with Crippen molar-refractivity contribution in [3.05, 3.63) is 11.1 Å². The molecule has 0 aromatic heterocycles. The molecule has 0 aromatic rings. The van der Waals surface area contributed by atoms with Crippen LogP contribution in [0.3, 0.4) is 0 Å². The highest BCUT2D eigenvalue weighted by Gasteiger charge is 2.12. The Morgan fingerprint density at radius 3 is 2.00 bits per heavy atom. The summed E-state index contributed by atoms with van der Waals surface area (Å²) in [6, 6.07) is 0. The molecule has 0 fully saturated rings. The Labute approximate surface area is 90.7 Å². The zero-order valence-electron chi connectivity index (χ0n) is 9.51. The molecule has 0 saturated heterocycles. The number of rotatable bonds is 7. The van der Waals surface area contributed by atoms with Crippen LogP contribution in [0.25, 0.3) is 0 Å². The molecule has 0 radical (unpaired) electrons. The minimum atomic E-state index is -0.570. The molecule has 86 valence electrons. The molecule has 15 heavy (non-hydrogen) atoms. The number of hydrogen-bond donors (Lipinski definition) is 2. The molecule has 0 aromatic carbocycles. The summed E-state index contributed by atoms with van der Waals surface area (Å²) < 4.78 is 0. The van der Waals surface area contributed by atoms with Gasteiger partial charge in [0.2, 0.25) is 11.8 Å². The minimum Gasteiger partial charge on any atom is -0.366 e. The largest absolute Gasteiger partial charge is 0.366 e. The van der Waals surface area contributed by atoms with E-state index in [4.69, 9.17) is 11.5 Å². The highest BCUT2D eigenvalue weighted by Crippen LogP contribution is 2.13. The van der Waals surface area contributed by atoms with E-state index in [9.17, 15) is 9.59 Å². The first-order valence-corrected chi connectivity index (χ1v) is 5.30. The second-order valence-electron chi connectivity index (χ2n) is 3.64. The maximum absolute atomic E-state index is 11.1. The number of amides is 2. The van der Waals surface area contributed by atoms with Crippen LogP contribution < -0.4 is 11.5 Å². The van der Waals surface area contributed by atoms with Gasteiger partial charge in [0.1, 0.15) is 0 Å². The van der Waals surface area contributed by atoms with Gasteiger partial charge < -0.3 is 11.5 Å². The predicted molar refractivity (Wildman–Crippen MR) is 59.8 cm³/mol. The summed E-state index contributed by atoms with van der Waals surface area (Å²) in [7, 11) is 0. The van der Waals surface area contributed by atoms with Crippen molar-refractivity contribution < 1.29 is 9.59 Å². The van der Waals surface area contributed by atoms with Gasteiger partial charge in [-0.2, -0.15) is 0 Å². The molecule has 0 aliphatic heterocycles. The Bertz CT molecular complexity index is 270. The van der Waals surface area contributed by atoms with Crippen molar-refractivity contribution in [3.63, 3.8) is 0 Å². The molecule has 4 N–H and O–H groups in total. The van der Waals surface area contributed by atoms with Gasteiger partial charge in [0.05, 0.1) is 0 Å². The molecular formula is C11H20N2O2. The van der Waals surface area contributed by atoms with Gasteiger partial charge in [-0.15, -0.1) is 0 Å². The van der Waals surface area contributed by atoms with Crippen molar-refractivity contribution in [2.45, 2.75) is 46.0 Å². The second kappa shape index (κ2) is 7.04. The Hall–Kier alpha value is -1.32. The molecule has 0 spiro atoms. The Kier molecular flexibility index (Phi) is 6.42. The summed E-state index contributed by atoms with van der Waals surface area (Å²) in [5.41, 5.74) is 11.0. The van der Waals surface area contributed by atoms with Gasteiger partial charge in [-0.1, -0.05) is 26.2 Å². The number of nitrogens with two attached hydrogens (primary N) is 2. The molecule has 2 amide bonds. The number of unbranched alkanes of at least 4 members (excludes halogenated alkanes) is 3. The van der Waals surface area contributed by atoms with Gasteiger partial charge in [-0.05, 0) is 19.8 Å². The molecule has 0 saturated carbocycles. The van der Waals surface area contributed by atoms with Crippen molar-refractivity contribution in [1.82, 2.24) is 0 Å². The number of carbonyl (C=O) groups is 2. The average molecular weight is 212 g/mol. The maximum Gasteiger partial charge on any atom is 0.245 e. The fourth-order valence-corrected chi connectivity index (χ4v) is 1.37. The first-order chi connectivity index (χ1) is 7.00. The third kappa shape index (κ3) is 5.20. The molecular weight excluding hydrogens is 192 g/mol. The zero-order valence-corrected chi connectivity index (χ0v) is 9.51. The second-order valence-corrected chi connectivity index (χ2v) is 3.64. The van der Waals surface area contributed by atoms with Crippen LogP contribution in [0, 0.1) is 0 Å². The van der Waals surface area contributed by atoms with Crippen molar-refractivity contribution >= 4 is 11.8 Å². The topological polar surface area (TPSA) is 86.2 Å². The molecule has 0 heterocycles. The number of carbonyl (C=O) groups excluding carboxylic acids is 2. The van der Waals surface area contributed by atoms with Crippen molar-refractivity contribution in [2.75, 3.05) is 0 Å². The molecule has 0 aliphatic rings. The SMILES string of the molecule is CCCCCCC(C(N)=O)=C(C)C(N)=O. The minimum absolute atomic E-state index is 0.291. The smallest absolute Gasteiger partial charge is 0.245 e. The Morgan fingerprint density at radius 2 is 1.60 bits per heavy atom. The van der Waals surface area contributed by atoms with E-state index < -0.39 is 11.8 Å². The summed E-state index contributed by atoms with van der Waals surface area (Å²) in [5.74, 6) is -1.11. The van der Waals surface area contributed by atoms with Crippen LogP contribution >= 0.6 is 0 Å². The molecule has 4 heteroatoms. The van der Waals surface area contributed by atoms with Gasteiger partial charge in [-0.25, -0.2) is 0 Å². The Balaban J connectivity index is 4.36. The van der Waals surface area contributed by atoms with Gasteiger partial charge in [0, 0.05) is 11.1 Å². The lowest BCUT2D eigenvalue weighted by Gasteiger charge is -2.06. The van der Waals surface area contributed by atoms with Crippen LogP contribution in [0.1, 0.15) is 46.0 Å². The molecule has 0 bridgehead atoms. The van der Waals surface area contributed by atoms with E-state index in [2.05, 4.69) is 6.92 Å². The van der Waals surface area contributed by atoms with E-state index in [1.165, 1.54) is 0 Å². The Morgan fingerprint density at radius 1 is 1.00 bits per heavy atom. The van der Waals surface area contributed by atoms with Crippen LogP contribution in [-0.2, 0) is 9.59 Å². The highest BCUT2D eigenvalue weighted by molar-refractivity contribution is 6.03. The maximum atomic E-state index is 11.1. The zero-order chi connectivity index (χ0) is 11.8. The lowest BCUT2D eigenvalue weighted by Crippen LogP contribution is -2.21. The quantitative estimate of drug-likeness (QED) is 0.491. The standard InChI is InChI=1S/C11H20N2O2/c1-3-4-5-6-7-9(11(13)15)8(2)10(12)14/h3-7H2,1-2H3,(H2,12,14)(H2,13,15). The molecule has 0 atom stereocenters. The normalized spacial score (nSPS) is 12.1. The summed E-state index contributed by atoms with van der Waals surface area (Å²) in [4.78, 5) is 22.0. The average Bonchev–Trinajstić information content (AvgIpc) is 2.16. The summed E-state index contributed by atoms with van der Waals surface area (Å²) >= 11 is 0. The monoisotopic (exact) mass is 212 g/mol. The van der Waals surface area contributed by atoms with E-state index in [1.807, 2.05) is 0 Å². The van der Waals surface area contributed by atoms with E-state index in [1.54, 1.807) is 6.92 Å². The van der Waals surface area contributed by atoms with Gasteiger partial charge in [0.25, 0.3) is 0 Å². The van der Waals surface area contributed by atoms with Gasteiger partial charge in [0.15, 0.2) is 0 Å². The van der Waals surface area contributed by atoms with Crippen molar-refractivity contribution in [2.24, 2.45) is 11.5 Å². The van der Waals surface area contributed by atoms with Crippen molar-refractivity contribution in [3.8, 4) is 0 Å². The molecule has 0 rings (SSSR count).